The smallest absolute Gasteiger partial charge is 0.392 e. The molecule has 1 N–H and O–H groups in total. The Balaban J connectivity index is 2.22. The van der Waals surface area contributed by atoms with Crippen molar-refractivity contribution in [3.8, 4) is 0 Å². The Hall–Kier alpha value is -2.91. The molecule has 0 atom stereocenters. The first-order valence-electron chi connectivity index (χ1n) is 7.44. The summed E-state index contributed by atoms with van der Waals surface area (Å²) in [4.78, 5) is 23.0. The van der Waals surface area contributed by atoms with Gasteiger partial charge in [0.2, 0.25) is 0 Å². The number of aliphatic hydroxyl groups excluding tert-OH is 1. The Morgan fingerprint density at radius 1 is 1.26 bits per heavy atom. The normalized spacial score (nSPS) is 11.7. The Bertz CT molecular complexity index is 1080. The summed E-state index contributed by atoms with van der Waals surface area (Å²) in [5, 5.41) is 20.0. The fourth-order valence-electron chi connectivity index (χ4n) is 2.82. The third-order valence-corrected chi connectivity index (χ3v) is 4.31. The molecule has 0 spiro atoms. The summed E-state index contributed by atoms with van der Waals surface area (Å²) < 4.78 is 40.8. The van der Waals surface area contributed by atoms with Gasteiger partial charge in [-0.05, 0) is 24.3 Å². The van der Waals surface area contributed by atoms with Crippen LogP contribution < -0.4 is 0 Å². The highest BCUT2D eigenvalue weighted by molar-refractivity contribution is 6.32. The molecule has 10 heteroatoms. The fraction of sp³-hybridized carbons (Fsp3) is 0.118. The minimum Gasteiger partial charge on any atom is -0.392 e. The first kappa shape index (κ1) is 18.9. The van der Waals surface area contributed by atoms with E-state index in [1.807, 2.05) is 0 Å². The van der Waals surface area contributed by atoms with E-state index in [1.165, 1.54) is 12.1 Å². The molecule has 0 saturated carbocycles. The summed E-state index contributed by atoms with van der Waals surface area (Å²) in [5.41, 5.74) is -1.79. The van der Waals surface area contributed by atoms with Crippen LogP contribution in [-0.4, -0.2) is 20.5 Å². The molecule has 0 aliphatic heterocycles. The summed E-state index contributed by atoms with van der Waals surface area (Å²) in [6, 6.07) is 6.63. The molecule has 0 amide bonds. The summed E-state index contributed by atoms with van der Waals surface area (Å²) in [6.07, 6.45) is -3.60. The van der Waals surface area contributed by atoms with Gasteiger partial charge in [-0.15, -0.1) is 0 Å². The van der Waals surface area contributed by atoms with Crippen LogP contribution >= 0.6 is 11.6 Å². The number of rotatable bonds is 3. The number of alkyl halides is 3. The van der Waals surface area contributed by atoms with Gasteiger partial charge in [0, 0.05) is 28.8 Å². The number of carbonyl (C=O) groups is 1. The van der Waals surface area contributed by atoms with Crippen molar-refractivity contribution in [2.75, 3.05) is 0 Å². The molecule has 0 saturated heterocycles. The van der Waals surface area contributed by atoms with Crippen molar-refractivity contribution in [3.63, 3.8) is 0 Å². The molecule has 1 heterocycles. The number of benzene rings is 2. The number of aliphatic hydroxyl groups is 1. The Kier molecular flexibility index (Phi) is 4.66. The highest BCUT2D eigenvalue weighted by Crippen LogP contribution is 2.37. The Labute approximate surface area is 154 Å². The predicted octanol–water partition coefficient (Wildman–Crippen LogP) is 4.40. The van der Waals surface area contributed by atoms with Crippen molar-refractivity contribution in [1.82, 2.24) is 4.57 Å². The van der Waals surface area contributed by atoms with Gasteiger partial charge in [0.1, 0.15) is 5.02 Å². The fourth-order valence-corrected chi connectivity index (χ4v) is 3.00. The van der Waals surface area contributed by atoms with Crippen LogP contribution in [0.1, 0.15) is 21.5 Å². The van der Waals surface area contributed by atoms with Crippen LogP contribution in [0.3, 0.4) is 0 Å². The molecular weight excluding hydrogens is 389 g/mol. The molecule has 0 radical (unpaired) electrons. The van der Waals surface area contributed by atoms with E-state index in [9.17, 15) is 33.2 Å². The monoisotopic (exact) mass is 398 g/mol. The first-order valence-corrected chi connectivity index (χ1v) is 7.82. The van der Waals surface area contributed by atoms with Crippen LogP contribution in [0.5, 0.6) is 0 Å². The largest absolute Gasteiger partial charge is 0.417 e. The van der Waals surface area contributed by atoms with Crippen molar-refractivity contribution >= 4 is 34.1 Å². The van der Waals surface area contributed by atoms with Crippen molar-refractivity contribution in [2.24, 2.45) is 0 Å². The van der Waals surface area contributed by atoms with Crippen LogP contribution in [0.15, 0.2) is 42.6 Å². The van der Waals surface area contributed by atoms with E-state index in [-0.39, 0.29) is 27.1 Å². The van der Waals surface area contributed by atoms with Gasteiger partial charge in [0.15, 0.2) is 0 Å². The third kappa shape index (κ3) is 3.26. The SMILES string of the molecule is O=C(c1ccc(Cl)c([N+](=O)[O-])c1)n1cc(CO)c2c(C(F)(F)F)cccc21. The van der Waals surface area contributed by atoms with Crippen molar-refractivity contribution < 1.29 is 28.0 Å². The highest BCUT2D eigenvalue weighted by Gasteiger charge is 2.34. The first-order chi connectivity index (χ1) is 12.6. The molecule has 0 aliphatic rings. The minimum atomic E-state index is -4.68. The quantitative estimate of drug-likeness (QED) is 0.523. The second kappa shape index (κ2) is 6.67. The van der Waals surface area contributed by atoms with Gasteiger partial charge in [-0.25, -0.2) is 0 Å². The zero-order chi connectivity index (χ0) is 19.9. The summed E-state index contributed by atoms with van der Waals surface area (Å²) in [5.74, 6) is -0.793. The van der Waals surface area contributed by atoms with E-state index in [2.05, 4.69) is 0 Å². The lowest BCUT2D eigenvalue weighted by Gasteiger charge is -2.10. The molecule has 3 rings (SSSR count). The maximum atomic E-state index is 13.3. The number of nitro benzene ring substituents is 1. The average Bonchev–Trinajstić information content (AvgIpc) is 2.99. The van der Waals surface area contributed by atoms with Crippen LogP contribution in [0.4, 0.5) is 18.9 Å². The molecule has 6 nitrogen and oxygen atoms in total. The third-order valence-electron chi connectivity index (χ3n) is 3.99. The molecule has 140 valence electrons. The van der Waals surface area contributed by atoms with E-state index in [4.69, 9.17) is 11.6 Å². The van der Waals surface area contributed by atoms with Gasteiger partial charge in [0.25, 0.3) is 11.6 Å². The minimum absolute atomic E-state index is 0.0727. The molecule has 27 heavy (non-hydrogen) atoms. The zero-order valence-electron chi connectivity index (χ0n) is 13.3. The van der Waals surface area contributed by atoms with Crippen molar-refractivity contribution in [1.29, 1.82) is 0 Å². The number of halogens is 4. The standard InChI is InChI=1S/C17H10ClF3N2O4/c18-12-5-4-9(6-14(12)23(26)27)16(25)22-7-10(8-24)15-11(17(19,20)21)2-1-3-13(15)22/h1-7,24H,8H2. The van der Waals surface area contributed by atoms with E-state index in [0.717, 1.165) is 35.0 Å². The van der Waals surface area contributed by atoms with Crippen molar-refractivity contribution in [2.45, 2.75) is 12.8 Å². The summed E-state index contributed by atoms with van der Waals surface area (Å²) in [7, 11) is 0. The second-order valence-corrected chi connectivity index (χ2v) is 6.02. The molecule has 3 aromatic rings. The highest BCUT2D eigenvalue weighted by atomic mass is 35.5. The van der Waals surface area contributed by atoms with Crippen LogP contribution in [-0.2, 0) is 12.8 Å². The molecule has 0 unspecified atom stereocenters. The second-order valence-electron chi connectivity index (χ2n) is 5.61. The van der Waals surface area contributed by atoms with Crippen molar-refractivity contribution in [3.05, 3.63) is 74.4 Å². The lowest BCUT2D eigenvalue weighted by atomic mass is 10.1. The molecule has 0 bridgehead atoms. The number of nitrogens with zero attached hydrogens (tertiary/aromatic N) is 2. The number of fused-ring (bicyclic) bond motifs is 1. The maximum absolute atomic E-state index is 13.3. The van der Waals surface area contributed by atoms with Gasteiger partial charge >= 0.3 is 6.18 Å². The summed E-state index contributed by atoms with van der Waals surface area (Å²) >= 11 is 5.72. The van der Waals surface area contributed by atoms with Crippen LogP contribution in [0, 0.1) is 10.1 Å². The Morgan fingerprint density at radius 2 is 1.96 bits per heavy atom. The van der Waals surface area contributed by atoms with E-state index in [0.29, 0.717) is 0 Å². The van der Waals surface area contributed by atoms with Crippen LogP contribution in [0.25, 0.3) is 10.9 Å². The Morgan fingerprint density at radius 3 is 2.56 bits per heavy atom. The maximum Gasteiger partial charge on any atom is 0.417 e. The number of nitro groups is 1. The molecular formula is C17H10ClF3N2O4. The van der Waals surface area contributed by atoms with Gasteiger partial charge < -0.3 is 5.11 Å². The van der Waals surface area contributed by atoms with E-state index in [1.54, 1.807) is 0 Å². The molecule has 0 aliphatic carbocycles. The molecule has 0 fully saturated rings. The van der Waals surface area contributed by atoms with Crippen LogP contribution in [0.2, 0.25) is 5.02 Å². The predicted molar refractivity (Wildman–Crippen MR) is 90.7 cm³/mol. The number of carbonyl (C=O) groups excluding carboxylic acids is 1. The van der Waals surface area contributed by atoms with Gasteiger partial charge in [-0.1, -0.05) is 17.7 Å². The number of hydrogen-bond acceptors (Lipinski definition) is 4. The lowest BCUT2D eigenvalue weighted by molar-refractivity contribution is -0.384. The van der Waals surface area contributed by atoms with Gasteiger partial charge in [0.05, 0.1) is 22.6 Å². The van der Waals surface area contributed by atoms with Gasteiger partial charge in [-0.3, -0.25) is 19.5 Å². The average molecular weight is 399 g/mol. The lowest BCUT2D eigenvalue weighted by Crippen LogP contribution is -2.11. The molecule has 2 aromatic carbocycles. The van der Waals surface area contributed by atoms with E-state index < -0.39 is 34.9 Å². The topological polar surface area (TPSA) is 85.4 Å². The zero-order valence-corrected chi connectivity index (χ0v) is 14.1. The van der Waals surface area contributed by atoms with Gasteiger partial charge in [-0.2, -0.15) is 13.2 Å². The number of hydrogen-bond donors (Lipinski definition) is 1. The number of aromatic nitrogens is 1. The van der Waals surface area contributed by atoms with E-state index >= 15 is 0 Å². The molecule has 1 aromatic heterocycles. The summed E-state index contributed by atoms with van der Waals surface area (Å²) in [6.45, 7) is -0.718.